The van der Waals surface area contributed by atoms with Crippen LogP contribution in [0.3, 0.4) is 0 Å². The van der Waals surface area contributed by atoms with Crippen LogP contribution in [0.5, 0.6) is 5.75 Å². The van der Waals surface area contributed by atoms with Gasteiger partial charge in [-0.05, 0) is 50.1 Å². The predicted molar refractivity (Wildman–Crippen MR) is 102 cm³/mol. The average Bonchev–Trinajstić information content (AvgIpc) is 2.59. The Morgan fingerprint density at radius 2 is 1.60 bits per heavy atom. The fourth-order valence-corrected chi connectivity index (χ4v) is 2.58. The van der Waals surface area contributed by atoms with E-state index in [1.165, 1.54) is 11.1 Å². The molecule has 0 radical (unpaired) electrons. The van der Waals surface area contributed by atoms with Crippen molar-refractivity contribution in [2.45, 2.75) is 20.8 Å². The van der Waals surface area contributed by atoms with Crippen LogP contribution in [0.15, 0.2) is 48.5 Å². The second-order valence-electron chi connectivity index (χ2n) is 5.92. The Bertz CT molecular complexity index is 893. The van der Waals surface area contributed by atoms with E-state index in [9.17, 15) is 0 Å². The van der Waals surface area contributed by atoms with Gasteiger partial charge >= 0.3 is 0 Å². The highest BCUT2D eigenvalue weighted by molar-refractivity contribution is 5.66. The summed E-state index contributed by atoms with van der Waals surface area (Å²) in [4.78, 5) is 9.05. The molecule has 2 N–H and O–H groups in total. The number of hydrogen-bond donors (Lipinski definition) is 2. The number of nitrogens with zero attached hydrogens (tertiary/aromatic N) is 2. The minimum Gasteiger partial charge on any atom is -0.495 e. The maximum absolute atomic E-state index is 5.37. The number of ether oxygens (including phenoxy) is 1. The third-order valence-electron chi connectivity index (χ3n) is 4.08. The van der Waals surface area contributed by atoms with Crippen LogP contribution in [-0.2, 0) is 0 Å². The smallest absolute Gasteiger partial charge is 0.229 e. The van der Waals surface area contributed by atoms with Crippen molar-refractivity contribution in [2.75, 3.05) is 17.7 Å². The van der Waals surface area contributed by atoms with Gasteiger partial charge in [0.15, 0.2) is 0 Å². The van der Waals surface area contributed by atoms with Crippen molar-refractivity contribution in [1.29, 1.82) is 0 Å². The standard InChI is InChI=1S/C20H22N4O/c1-13-8-7-10-16(15(13)3)22-19-12-14(2)21-20(24-19)23-17-9-5-6-11-18(17)25-4/h5-12H,1-4H3,(H2,21,22,23,24). The van der Waals surface area contributed by atoms with Crippen molar-refractivity contribution in [3.63, 3.8) is 0 Å². The third-order valence-corrected chi connectivity index (χ3v) is 4.08. The first-order valence-corrected chi connectivity index (χ1v) is 8.16. The fourth-order valence-electron chi connectivity index (χ4n) is 2.58. The minimum absolute atomic E-state index is 0.525. The van der Waals surface area contributed by atoms with Crippen LogP contribution in [0.25, 0.3) is 0 Å². The van der Waals surface area contributed by atoms with E-state index in [1.807, 2.05) is 49.4 Å². The molecule has 3 rings (SSSR count). The second-order valence-corrected chi connectivity index (χ2v) is 5.92. The van der Waals surface area contributed by atoms with E-state index in [0.29, 0.717) is 5.95 Å². The Morgan fingerprint density at radius 3 is 2.40 bits per heavy atom. The number of benzene rings is 2. The second kappa shape index (κ2) is 7.21. The molecular weight excluding hydrogens is 312 g/mol. The van der Waals surface area contributed by atoms with Crippen molar-refractivity contribution < 1.29 is 4.74 Å². The topological polar surface area (TPSA) is 59.1 Å². The molecule has 2 aromatic carbocycles. The Labute approximate surface area is 148 Å². The summed E-state index contributed by atoms with van der Waals surface area (Å²) in [5, 5.41) is 6.62. The lowest BCUT2D eigenvalue weighted by Crippen LogP contribution is -2.04. The molecule has 0 unspecified atom stereocenters. The molecule has 0 atom stereocenters. The number of nitrogens with one attached hydrogen (secondary N) is 2. The largest absolute Gasteiger partial charge is 0.495 e. The zero-order valence-electron chi connectivity index (χ0n) is 14.9. The molecule has 0 spiro atoms. The number of aryl methyl sites for hydroxylation is 2. The molecule has 1 aromatic heterocycles. The zero-order chi connectivity index (χ0) is 17.8. The normalized spacial score (nSPS) is 10.4. The summed E-state index contributed by atoms with van der Waals surface area (Å²) in [6.07, 6.45) is 0. The Kier molecular flexibility index (Phi) is 4.84. The Balaban J connectivity index is 1.89. The molecule has 5 heteroatoms. The molecule has 0 saturated carbocycles. The van der Waals surface area contributed by atoms with Crippen LogP contribution in [-0.4, -0.2) is 17.1 Å². The molecule has 0 fully saturated rings. The van der Waals surface area contributed by atoms with Gasteiger partial charge in [0.25, 0.3) is 0 Å². The zero-order valence-corrected chi connectivity index (χ0v) is 14.9. The summed E-state index contributed by atoms with van der Waals surface area (Å²) < 4.78 is 5.37. The molecule has 3 aromatic rings. The van der Waals surface area contributed by atoms with Gasteiger partial charge in [0, 0.05) is 17.4 Å². The van der Waals surface area contributed by atoms with Crippen molar-refractivity contribution in [3.05, 3.63) is 65.4 Å². The SMILES string of the molecule is COc1ccccc1Nc1nc(C)cc(Nc2cccc(C)c2C)n1. The van der Waals surface area contributed by atoms with Gasteiger partial charge in [-0.25, -0.2) is 4.98 Å². The average molecular weight is 334 g/mol. The van der Waals surface area contributed by atoms with Gasteiger partial charge in [-0.1, -0.05) is 24.3 Å². The van der Waals surface area contributed by atoms with Gasteiger partial charge < -0.3 is 15.4 Å². The molecule has 25 heavy (non-hydrogen) atoms. The number of methoxy groups -OCH3 is 1. The maximum Gasteiger partial charge on any atom is 0.229 e. The van der Waals surface area contributed by atoms with Crippen molar-refractivity contribution in [1.82, 2.24) is 9.97 Å². The summed E-state index contributed by atoms with van der Waals surface area (Å²) in [6, 6.07) is 15.8. The molecule has 0 aliphatic carbocycles. The van der Waals surface area contributed by atoms with Crippen molar-refractivity contribution in [2.24, 2.45) is 0 Å². The van der Waals surface area contributed by atoms with Crippen LogP contribution in [0.2, 0.25) is 0 Å². The molecule has 0 aliphatic rings. The van der Waals surface area contributed by atoms with Crippen LogP contribution in [0.4, 0.5) is 23.1 Å². The number of hydrogen-bond acceptors (Lipinski definition) is 5. The van der Waals surface area contributed by atoms with E-state index in [0.717, 1.165) is 28.6 Å². The first-order valence-electron chi connectivity index (χ1n) is 8.16. The number of rotatable bonds is 5. The van der Waals surface area contributed by atoms with Crippen molar-refractivity contribution >= 4 is 23.1 Å². The molecule has 5 nitrogen and oxygen atoms in total. The Morgan fingerprint density at radius 1 is 0.840 bits per heavy atom. The van der Waals surface area contributed by atoms with E-state index in [-0.39, 0.29) is 0 Å². The molecule has 0 aliphatic heterocycles. The van der Waals surface area contributed by atoms with E-state index in [1.54, 1.807) is 7.11 Å². The number of aromatic nitrogens is 2. The highest BCUT2D eigenvalue weighted by atomic mass is 16.5. The summed E-state index contributed by atoms with van der Waals surface area (Å²) in [5.41, 5.74) is 5.19. The molecule has 0 amide bonds. The van der Waals surface area contributed by atoms with Gasteiger partial charge in [-0.15, -0.1) is 0 Å². The number of para-hydroxylation sites is 2. The van der Waals surface area contributed by atoms with Gasteiger partial charge in [-0.2, -0.15) is 4.98 Å². The van der Waals surface area contributed by atoms with Crippen molar-refractivity contribution in [3.8, 4) is 5.75 Å². The fraction of sp³-hybridized carbons (Fsp3) is 0.200. The van der Waals surface area contributed by atoms with Crippen LogP contribution >= 0.6 is 0 Å². The lowest BCUT2D eigenvalue weighted by Gasteiger charge is -2.14. The molecule has 0 bridgehead atoms. The summed E-state index contributed by atoms with van der Waals surface area (Å²) in [7, 11) is 1.64. The Hall–Kier alpha value is -3.08. The summed E-state index contributed by atoms with van der Waals surface area (Å²) >= 11 is 0. The predicted octanol–water partition coefficient (Wildman–Crippen LogP) is 4.90. The van der Waals surface area contributed by atoms with Crippen LogP contribution in [0, 0.1) is 20.8 Å². The highest BCUT2D eigenvalue weighted by Crippen LogP contribution is 2.27. The highest BCUT2D eigenvalue weighted by Gasteiger charge is 2.08. The molecule has 128 valence electrons. The quantitative estimate of drug-likeness (QED) is 0.695. The third kappa shape index (κ3) is 3.88. The van der Waals surface area contributed by atoms with E-state index >= 15 is 0 Å². The molecule has 1 heterocycles. The van der Waals surface area contributed by atoms with Gasteiger partial charge in [0.1, 0.15) is 11.6 Å². The first-order chi connectivity index (χ1) is 12.1. The lowest BCUT2D eigenvalue weighted by molar-refractivity contribution is 0.417. The summed E-state index contributed by atoms with van der Waals surface area (Å²) in [5.74, 6) is 2.02. The minimum atomic E-state index is 0.525. The van der Waals surface area contributed by atoms with E-state index in [4.69, 9.17) is 4.74 Å². The summed E-state index contributed by atoms with van der Waals surface area (Å²) in [6.45, 7) is 6.14. The van der Waals surface area contributed by atoms with Crippen LogP contribution in [0.1, 0.15) is 16.8 Å². The number of anilines is 4. The molecule has 0 saturated heterocycles. The van der Waals surface area contributed by atoms with Gasteiger partial charge in [0.05, 0.1) is 12.8 Å². The van der Waals surface area contributed by atoms with Gasteiger partial charge in [0.2, 0.25) is 5.95 Å². The molecular formula is C20H22N4O. The first kappa shape index (κ1) is 16.8. The van der Waals surface area contributed by atoms with Gasteiger partial charge in [-0.3, -0.25) is 0 Å². The monoisotopic (exact) mass is 334 g/mol. The lowest BCUT2D eigenvalue weighted by atomic mass is 10.1. The maximum atomic E-state index is 5.37. The van der Waals surface area contributed by atoms with E-state index in [2.05, 4.69) is 40.5 Å². The van der Waals surface area contributed by atoms with Crippen LogP contribution < -0.4 is 15.4 Å². The van der Waals surface area contributed by atoms with E-state index < -0.39 is 0 Å².